The largest absolute Gasteiger partial charge is 0.289 e. The summed E-state index contributed by atoms with van der Waals surface area (Å²) in [6.07, 6.45) is 0. The van der Waals surface area contributed by atoms with E-state index in [1.165, 1.54) is 6.07 Å². The Balaban J connectivity index is 2.43. The van der Waals surface area contributed by atoms with E-state index in [9.17, 15) is 13.2 Å². The van der Waals surface area contributed by atoms with Crippen molar-refractivity contribution in [1.29, 1.82) is 0 Å². The summed E-state index contributed by atoms with van der Waals surface area (Å²) in [6.45, 7) is 0. The van der Waals surface area contributed by atoms with Crippen LogP contribution in [-0.4, -0.2) is 18.8 Å². The second kappa shape index (κ2) is 5.34. The highest BCUT2D eigenvalue weighted by Crippen LogP contribution is 2.16. The molecule has 0 aliphatic carbocycles. The lowest BCUT2D eigenvalue weighted by atomic mass is 9.99. The van der Waals surface area contributed by atoms with E-state index in [-0.39, 0.29) is 11.3 Å². The molecule has 19 heavy (non-hydrogen) atoms. The first-order chi connectivity index (χ1) is 8.97. The third-order valence-electron chi connectivity index (χ3n) is 2.64. The maximum absolute atomic E-state index is 12.3. The fraction of sp³-hybridized carbons (Fsp3) is 0.0714. The number of carbonyl (C=O) groups is 1. The first-order valence-corrected chi connectivity index (χ1v) is 7.21. The summed E-state index contributed by atoms with van der Waals surface area (Å²) in [6, 6.07) is 14.9. The molecule has 4 nitrogen and oxygen atoms in total. The lowest BCUT2D eigenvalue weighted by Crippen LogP contribution is -2.09. The van der Waals surface area contributed by atoms with E-state index in [0.29, 0.717) is 11.1 Å². The van der Waals surface area contributed by atoms with E-state index >= 15 is 0 Å². The van der Waals surface area contributed by atoms with E-state index < -0.39 is 15.9 Å². The maximum Gasteiger partial charge on any atom is 0.269 e. The Hall–Kier alpha value is -1.98. The number of benzene rings is 2. The van der Waals surface area contributed by atoms with Gasteiger partial charge in [0.15, 0.2) is 5.78 Å². The molecule has 0 aliphatic heterocycles. The molecule has 0 unspecified atom stereocenters. The smallest absolute Gasteiger partial charge is 0.269 e. The minimum absolute atomic E-state index is 0.264. The van der Waals surface area contributed by atoms with Gasteiger partial charge in [-0.3, -0.25) is 9.35 Å². The molecule has 0 spiro atoms. The van der Waals surface area contributed by atoms with Gasteiger partial charge >= 0.3 is 0 Å². The zero-order valence-electron chi connectivity index (χ0n) is 9.98. The normalized spacial score (nSPS) is 11.2. The minimum Gasteiger partial charge on any atom is -0.289 e. The van der Waals surface area contributed by atoms with Crippen molar-refractivity contribution in [2.24, 2.45) is 0 Å². The summed E-state index contributed by atoms with van der Waals surface area (Å²) < 4.78 is 30.8. The van der Waals surface area contributed by atoms with Gasteiger partial charge in [-0.2, -0.15) is 8.42 Å². The maximum atomic E-state index is 12.3. The predicted octanol–water partition coefficient (Wildman–Crippen LogP) is 2.31. The number of hydrogen-bond acceptors (Lipinski definition) is 3. The van der Waals surface area contributed by atoms with Crippen LogP contribution in [0.4, 0.5) is 0 Å². The van der Waals surface area contributed by atoms with Crippen LogP contribution >= 0.6 is 0 Å². The van der Waals surface area contributed by atoms with E-state index in [4.69, 9.17) is 4.55 Å². The van der Waals surface area contributed by atoms with Gasteiger partial charge < -0.3 is 0 Å². The number of carbonyl (C=O) groups excluding carboxylic acids is 1. The lowest BCUT2D eigenvalue weighted by molar-refractivity contribution is 0.103. The molecule has 5 heteroatoms. The fourth-order valence-electron chi connectivity index (χ4n) is 1.81. The first-order valence-electron chi connectivity index (χ1n) is 5.60. The summed E-state index contributed by atoms with van der Waals surface area (Å²) in [5, 5.41) is 0. The highest BCUT2D eigenvalue weighted by Gasteiger charge is 2.16. The molecule has 0 saturated carbocycles. The van der Waals surface area contributed by atoms with Gasteiger partial charge in [0, 0.05) is 11.1 Å². The van der Waals surface area contributed by atoms with Crippen molar-refractivity contribution >= 4 is 15.9 Å². The number of rotatable bonds is 4. The third-order valence-corrected chi connectivity index (χ3v) is 3.31. The van der Waals surface area contributed by atoms with Crippen LogP contribution in [0.15, 0.2) is 54.6 Å². The molecule has 2 aromatic rings. The van der Waals surface area contributed by atoms with Crippen LogP contribution in [0.1, 0.15) is 21.5 Å². The molecule has 0 saturated heterocycles. The van der Waals surface area contributed by atoms with E-state index in [1.54, 1.807) is 48.5 Å². The summed E-state index contributed by atoms with van der Waals surface area (Å²) in [7, 11) is -4.17. The van der Waals surface area contributed by atoms with Gasteiger partial charge in [-0.25, -0.2) is 0 Å². The zero-order valence-corrected chi connectivity index (χ0v) is 10.8. The van der Waals surface area contributed by atoms with Gasteiger partial charge in [0.2, 0.25) is 0 Å². The first kappa shape index (κ1) is 13.5. The molecule has 0 atom stereocenters. The second-order valence-corrected chi connectivity index (χ2v) is 5.53. The van der Waals surface area contributed by atoms with Crippen molar-refractivity contribution in [2.45, 2.75) is 5.75 Å². The Morgan fingerprint density at radius 2 is 1.53 bits per heavy atom. The summed E-state index contributed by atoms with van der Waals surface area (Å²) in [5.41, 5.74) is 1.05. The molecular weight excluding hydrogens is 264 g/mol. The Labute approximate surface area is 111 Å². The average Bonchev–Trinajstić information content (AvgIpc) is 2.38. The van der Waals surface area contributed by atoms with Gasteiger partial charge in [-0.05, 0) is 5.56 Å². The zero-order chi connectivity index (χ0) is 13.9. The van der Waals surface area contributed by atoms with E-state index in [1.807, 2.05) is 0 Å². The van der Waals surface area contributed by atoms with Crippen LogP contribution in [0.3, 0.4) is 0 Å². The minimum atomic E-state index is -4.17. The quantitative estimate of drug-likeness (QED) is 0.687. The van der Waals surface area contributed by atoms with Crippen molar-refractivity contribution < 1.29 is 17.8 Å². The third kappa shape index (κ3) is 3.49. The Bertz CT molecular complexity index is 690. The Morgan fingerprint density at radius 3 is 2.16 bits per heavy atom. The molecule has 0 bridgehead atoms. The number of hydrogen-bond donors (Lipinski definition) is 1. The molecule has 98 valence electrons. The second-order valence-electron chi connectivity index (χ2n) is 4.08. The van der Waals surface area contributed by atoms with Crippen LogP contribution in [-0.2, 0) is 15.9 Å². The summed E-state index contributed by atoms with van der Waals surface area (Å²) in [5.74, 6) is -0.832. The molecule has 2 aromatic carbocycles. The van der Waals surface area contributed by atoms with Crippen LogP contribution < -0.4 is 0 Å². The molecule has 0 fully saturated rings. The van der Waals surface area contributed by atoms with Gasteiger partial charge in [0.05, 0.1) is 0 Å². The van der Waals surface area contributed by atoms with E-state index in [2.05, 4.69) is 0 Å². The van der Waals surface area contributed by atoms with Crippen molar-refractivity contribution in [3.8, 4) is 0 Å². The van der Waals surface area contributed by atoms with Crippen LogP contribution in [0.25, 0.3) is 0 Å². The molecular formula is C14H12O4S. The van der Waals surface area contributed by atoms with Crippen molar-refractivity contribution in [1.82, 2.24) is 0 Å². The van der Waals surface area contributed by atoms with Gasteiger partial charge in [-0.1, -0.05) is 54.6 Å². The standard InChI is InChI=1S/C14H12O4S/c15-14(11-6-2-1-3-7-11)13-9-5-4-8-12(13)10-19(16,17)18/h1-9H,10H2,(H,16,17,18). The summed E-state index contributed by atoms with van der Waals surface area (Å²) in [4.78, 5) is 12.3. The summed E-state index contributed by atoms with van der Waals surface area (Å²) >= 11 is 0. The van der Waals surface area contributed by atoms with Crippen molar-refractivity contribution in [3.05, 3.63) is 71.3 Å². The van der Waals surface area contributed by atoms with Gasteiger partial charge in [-0.15, -0.1) is 0 Å². The Kier molecular flexibility index (Phi) is 3.78. The van der Waals surface area contributed by atoms with E-state index in [0.717, 1.165) is 0 Å². The molecule has 0 radical (unpaired) electrons. The fourth-order valence-corrected chi connectivity index (χ4v) is 2.45. The van der Waals surface area contributed by atoms with Crippen LogP contribution in [0.5, 0.6) is 0 Å². The molecule has 2 rings (SSSR count). The molecule has 0 aromatic heterocycles. The van der Waals surface area contributed by atoms with Crippen molar-refractivity contribution in [2.75, 3.05) is 0 Å². The lowest BCUT2D eigenvalue weighted by Gasteiger charge is -2.07. The SMILES string of the molecule is O=C(c1ccccc1)c1ccccc1CS(=O)(=O)O. The topological polar surface area (TPSA) is 71.4 Å². The highest BCUT2D eigenvalue weighted by atomic mass is 32.2. The number of ketones is 1. The Morgan fingerprint density at radius 1 is 0.947 bits per heavy atom. The predicted molar refractivity (Wildman–Crippen MR) is 71.6 cm³/mol. The van der Waals surface area contributed by atoms with Crippen molar-refractivity contribution in [3.63, 3.8) is 0 Å². The van der Waals surface area contributed by atoms with Gasteiger partial charge in [0.1, 0.15) is 5.75 Å². The average molecular weight is 276 g/mol. The molecule has 0 aliphatic rings. The van der Waals surface area contributed by atoms with Crippen LogP contribution in [0, 0.1) is 0 Å². The molecule has 0 amide bonds. The monoisotopic (exact) mass is 276 g/mol. The highest BCUT2D eigenvalue weighted by molar-refractivity contribution is 7.85. The molecule has 0 heterocycles. The molecule has 1 N–H and O–H groups in total. The van der Waals surface area contributed by atoms with Crippen LogP contribution in [0.2, 0.25) is 0 Å². The van der Waals surface area contributed by atoms with Gasteiger partial charge in [0.25, 0.3) is 10.1 Å².